The number of amides is 3. The summed E-state index contributed by atoms with van der Waals surface area (Å²) in [5, 5.41) is 4.90. The summed E-state index contributed by atoms with van der Waals surface area (Å²) in [4.78, 5) is 37.8. The molecule has 0 saturated carbocycles. The van der Waals surface area contributed by atoms with Crippen LogP contribution in [0.15, 0.2) is 36.4 Å². The summed E-state index contributed by atoms with van der Waals surface area (Å²) in [5.74, 6) is -1.78. The summed E-state index contributed by atoms with van der Waals surface area (Å²) in [6, 6.07) is 7.97. The molecule has 1 atom stereocenters. The number of carbonyl (C=O) groups excluding carboxylic acids is 3. The SMILES string of the molecule is [2H]C1(N2Cc3c(OCc4cccc(NC)c4F)cccc3C2=O)CCC(=O)NC1=O. The van der Waals surface area contributed by atoms with E-state index in [9.17, 15) is 18.8 Å². The summed E-state index contributed by atoms with van der Waals surface area (Å²) in [7, 11) is 1.62. The first-order chi connectivity index (χ1) is 14.3. The lowest BCUT2D eigenvalue weighted by atomic mass is 10.0. The van der Waals surface area contributed by atoms with Crippen LogP contribution >= 0.6 is 0 Å². The Bertz CT molecular complexity index is 1060. The number of imide groups is 1. The molecule has 7 nitrogen and oxygen atoms in total. The monoisotopic (exact) mass is 398 g/mol. The van der Waals surface area contributed by atoms with Crippen molar-refractivity contribution in [2.45, 2.75) is 32.0 Å². The predicted molar refractivity (Wildman–Crippen MR) is 103 cm³/mol. The van der Waals surface area contributed by atoms with E-state index in [2.05, 4.69) is 10.6 Å². The third-order valence-electron chi connectivity index (χ3n) is 5.09. The Hall–Kier alpha value is -3.42. The maximum absolute atomic E-state index is 14.4. The first kappa shape index (κ1) is 17.7. The van der Waals surface area contributed by atoms with E-state index in [1.54, 1.807) is 43.4 Å². The highest BCUT2D eigenvalue weighted by Gasteiger charge is 2.40. The molecule has 2 aliphatic heterocycles. The van der Waals surface area contributed by atoms with Gasteiger partial charge in [-0.15, -0.1) is 0 Å². The third-order valence-corrected chi connectivity index (χ3v) is 5.09. The Morgan fingerprint density at radius 1 is 1.28 bits per heavy atom. The summed E-state index contributed by atoms with van der Waals surface area (Å²) in [5.41, 5.74) is 1.56. The maximum atomic E-state index is 14.4. The van der Waals surface area contributed by atoms with Crippen LogP contribution in [-0.4, -0.2) is 35.7 Å². The van der Waals surface area contributed by atoms with Gasteiger partial charge in [-0.25, -0.2) is 4.39 Å². The average Bonchev–Trinajstić information content (AvgIpc) is 3.08. The van der Waals surface area contributed by atoms with E-state index in [1.165, 1.54) is 0 Å². The fourth-order valence-corrected chi connectivity index (χ4v) is 3.56. The Balaban J connectivity index is 1.58. The Morgan fingerprint density at radius 2 is 2.07 bits per heavy atom. The topological polar surface area (TPSA) is 87.7 Å². The van der Waals surface area contributed by atoms with Crippen LogP contribution in [0, 0.1) is 5.82 Å². The van der Waals surface area contributed by atoms with Crippen LogP contribution in [0.2, 0.25) is 0 Å². The third kappa shape index (κ3) is 3.41. The van der Waals surface area contributed by atoms with Crippen molar-refractivity contribution in [1.29, 1.82) is 0 Å². The molecule has 2 N–H and O–H groups in total. The molecule has 0 aliphatic carbocycles. The van der Waals surface area contributed by atoms with Crippen LogP contribution in [0.1, 0.15) is 35.7 Å². The summed E-state index contributed by atoms with van der Waals surface area (Å²) in [6.45, 7) is -0.0541. The number of carbonyl (C=O) groups is 3. The minimum atomic E-state index is -1.87. The molecular formula is C21H20FN3O4. The van der Waals surface area contributed by atoms with E-state index < -0.39 is 29.6 Å². The molecule has 1 saturated heterocycles. The van der Waals surface area contributed by atoms with Crippen LogP contribution in [0.25, 0.3) is 0 Å². The molecule has 0 radical (unpaired) electrons. The number of rotatable bonds is 5. The fraction of sp³-hybridized carbons (Fsp3) is 0.286. The van der Waals surface area contributed by atoms with Gasteiger partial charge in [-0.3, -0.25) is 19.7 Å². The number of halogens is 1. The van der Waals surface area contributed by atoms with Gasteiger partial charge in [0.1, 0.15) is 18.4 Å². The summed E-state index contributed by atoms with van der Waals surface area (Å²) < 4.78 is 28.8. The van der Waals surface area contributed by atoms with Gasteiger partial charge in [0, 0.05) is 30.2 Å². The molecule has 3 amide bonds. The molecular weight excluding hydrogens is 377 g/mol. The van der Waals surface area contributed by atoms with Crippen molar-refractivity contribution in [1.82, 2.24) is 10.2 Å². The highest BCUT2D eigenvalue weighted by atomic mass is 19.1. The Morgan fingerprint density at radius 3 is 2.83 bits per heavy atom. The van der Waals surface area contributed by atoms with Gasteiger partial charge in [-0.1, -0.05) is 18.2 Å². The van der Waals surface area contributed by atoms with Crippen LogP contribution in [0.5, 0.6) is 5.75 Å². The zero-order chi connectivity index (χ0) is 21.5. The lowest BCUT2D eigenvalue weighted by molar-refractivity contribution is -0.136. The van der Waals surface area contributed by atoms with E-state index >= 15 is 0 Å². The van der Waals surface area contributed by atoms with E-state index in [0.717, 1.165) is 4.90 Å². The van der Waals surface area contributed by atoms with Crippen molar-refractivity contribution in [2.75, 3.05) is 12.4 Å². The predicted octanol–water partition coefficient (Wildman–Crippen LogP) is 2.21. The largest absolute Gasteiger partial charge is 0.488 e. The second-order valence-electron chi connectivity index (χ2n) is 6.81. The normalized spacial score (nSPS) is 21.5. The second-order valence-corrected chi connectivity index (χ2v) is 6.81. The quantitative estimate of drug-likeness (QED) is 0.754. The maximum Gasteiger partial charge on any atom is 0.255 e. The second kappa shape index (κ2) is 7.54. The van der Waals surface area contributed by atoms with E-state index in [4.69, 9.17) is 6.11 Å². The molecule has 0 bridgehead atoms. The standard InChI is InChI=1S/C21H20FN3O4/c1-23-15-6-2-4-12(19(15)22)11-29-17-7-3-5-13-14(17)10-25(21(13)28)16-8-9-18(26)24-20(16)27/h2-7,16,23H,8-11H2,1H3,(H,24,26,27)/i16D. The van der Waals surface area contributed by atoms with Crippen molar-refractivity contribution in [3.63, 3.8) is 0 Å². The Labute approximate surface area is 168 Å². The minimum absolute atomic E-state index is 0.00547. The van der Waals surface area contributed by atoms with E-state index in [-0.39, 0.29) is 26.0 Å². The van der Waals surface area contributed by atoms with Crippen LogP contribution in [0.3, 0.4) is 0 Å². The summed E-state index contributed by atoms with van der Waals surface area (Å²) >= 11 is 0. The number of nitrogens with zero attached hydrogens (tertiary/aromatic N) is 1. The zero-order valence-electron chi connectivity index (χ0n) is 16.8. The van der Waals surface area contributed by atoms with Gasteiger partial charge in [0.25, 0.3) is 5.91 Å². The molecule has 2 aliphatic rings. The Kier molecular flexibility index (Phi) is 4.59. The first-order valence-corrected chi connectivity index (χ1v) is 9.21. The fourth-order valence-electron chi connectivity index (χ4n) is 3.56. The number of nitrogens with one attached hydrogen (secondary N) is 2. The van der Waals surface area contributed by atoms with Crippen molar-refractivity contribution in [3.8, 4) is 5.75 Å². The summed E-state index contributed by atoms with van der Waals surface area (Å²) in [6.07, 6.45) is -0.0879. The first-order valence-electron chi connectivity index (χ1n) is 9.71. The smallest absolute Gasteiger partial charge is 0.255 e. The molecule has 0 spiro atoms. The molecule has 29 heavy (non-hydrogen) atoms. The molecule has 1 fully saturated rings. The van der Waals surface area contributed by atoms with Crippen molar-refractivity contribution < 1.29 is 24.9 Å². The number of hydrogen-bond acceptors (Lipinski definition) is 5. The molecule has 4 rings (SSSR count). The van der Waals surface area contributed by atoms with Gasteiger partial charge < -0.3 is 15.0 Å². The number of fused-ring (bicyclic) bond motifs is 1. The number of anilines is 1. The van der Waals surface area contributed by atoms with Gasteiger partial charge in [0.2, 0.25) is 11.8 Å². The van der Waals surface area contributed by atoms with Gasteiger partial charge >= 0.3 is 0 Å². The zero-order valence-corrected chi connectivity index (χ0v) is 15.8. The van der Waals surface area contributed by atoms with Gasteiger partial charge in [0.15, 0.2) is 5.82 Å². The molecule has 2 aromatic rings. The van der Waals surface area contributed by atoms with E-state index in [1.807, 2.05) is 0 Å². The number of hydrogen-bond donors (Lipinski definition) is 2. The van der Waals surface area contributed by atoms with Crippen LogP contribution in [-0.2, 0) is 22.7 Å². The lowest BCUT2D eigenvalue weighted by Gasteiger charge is -2.29. The minimum Gasteiger partial charge on any atom is -0.488 e. The highest BCUT2D eigenvalue weighted by Crippen LogP contribution is 2.34. The van der Waals surface area contributed by atoms with Gasteiger partial charge in [0.05, 0.1) is 13.6 Å². The van der Waals surface area contributed by atoms with Crippen molar-refractivity contribution in [2.24, 2.45) is 0 Å². The van der Waals surface area contributed by atoms with Crippen LogP contribution < -0.4 is 15.4 Å². The van der Waals surface area contributed by atoms with Crippen LogP contribution in [0.4, 0.5) is 10.1 Å². The molecule has 1 unspecified atom stereocenters. The molecule has 2 aromatic carbocycles. The number of benzene rings is 2. The molecule has 2 heterocycles. The van der Waals surface area contributed by atoms with Crippen molar-refractivity contribution >= 4 is 23.4 Å². The van der Waals surface area contributed by atoms with Gasteiger partial charge in [-0.05, 0) is 24.6 Å². The number of piperidine rings is 1. The average molecular weight is 398 g/mol. The highest BCUT2D eigenvalue weighted by molar-refractivity contribution is 6.05. The van der Waals surface area contributed by atoms with Crippen molar-refractivity contribution in [3.05, 3.63) is 58.9 Å². The molecule has 0 aromatic heterocycles. The molecule has 8 heteroatoms. The van der Waals surface area contributed by atoms with E-state index in [0.29, 0.717) is 28.1 Å². The molecule has 150 valence electrons. The number of ether oxygens (including phenoxy) is 1. The van der Waals surface area contributed by atoms with Gasteiger partial charge in [-0.2, -0.15) is 0 Å². The lowest BCUT2D eigenvalue weighted by Crippen LogP contribution is -2.52.